The first-order valence-corrected chi connectivity index (χ1v) is 6.84. The molecule has 2 rings (SSSR count). The van der Waals surface area contributed by atoms with Crippen molar-refractivity contribution in [2.75, 3.05) is 5.32 Å². The van der Waals surface area contributed by atoms with Crippen molar-refractivity contribution >= 4 is 44.7 Å². The lowest BCUT2D eigenvalue weighted by molar-refractivity contribution is 0.102. The molecular weight excluding hydrogens is 343 g/mol. The van der Waals surface area contributed by atoms with Crippen LogP contribution in [0.25, 0.3) is 0 Å². The fraction of sp³-hybridized carbons (Fsp3) is 0. The summed E-state index contributed by atoms with van der Waals surface area (Å²) in [6, 6.07) is 11.0. The zero-order chi connectivity index (χ0) is 14.7. The van der Waals surface area contributed by atoms with Crippen molar-refractivity contribution in [2.45, 2.75) is 0 Å². The minimum Gasteiger partial charge on any atom is -0.389 e. The molecule has 3 nitrogen and oxygen atoms in total. The third-order valence-electron chi connectivity index (χ3n) is 2.59. The highest BCUT2D eigenvalue weighted by Gasteiger charge is 2.10. The van der Waals surface area contributed by atoms with E-state index in [-0.39, 0.29) is 10.7 Å². The first-order chi connectivity index (χ1) is 9.47. The predicted octanol–water partition coefficient (Wildman–Crippen LogP) is 3.47. The van der Waals surface area contributed by atoms with Gasteiger partial charge in [-0.15, -0.1) is 0 Å². The van der Waals surface area contributed by atoms with Crippen molar-refractivity contribution in [1.29, 1.82) is 0 Å². The monoisotopic (exact) mass is 352 g/mol. The standard InChI is InChI=1S/C14H10BrFN2OS/c15-10-3-1-2-9(6-10)14(19)18-12-5-4-8(13(17)20)7-11(12)16/h1-7H,(H2,17,20)(H,18,19). The van der Waals surface area contributed by atoms with Gasteiger partial charge in [-0.2, -0.15) is 0 Å². The Morgan fingerprint density at radius 2 is 1.95 bits per heavy atom. The number of anilines is 1. The molecule has 20 heavy (non-hydrogen) atoms. The van der Waals surface area contributed by atoms with Crippen molar-refractivity contribution in [3.63, 3.8) is 0 Å². The lowest BCUT2D eigenvalue weighted by atomic mass is 10.1. The number of amides is 1. The minimum atomic E-state index is -0.585. The Kier molecular flexibility index (Phi) is 4.46. The van der Waals surface area contributed by atoms with Crippen molar-refractivity contribution in [3.05, 3.63) is 63.9 Å². The summed E-state index contributed by atoms with van der Waals surface area (Å²) in [4.78, 5) is 12.1. The van der Waals surface area contributed by atoms with E-state index in [1.165, 1.54) is 12.1 Å². The summed E-state index contributed by atoms with van der Waals surface area (Å²) in [5, 5.41) is 2.50. The highest BCUT2D eigenvalue weighted by atomic mass is 79.9. The fourth-order valence-electron chi connectivity index (χ4n) is 1.59. The van der Waals surface area contributed by atoms with Crippen LogP contribution in [0.5, 0.6) is 0 Å². The molecule has 0 aromatic heterocycles. The van der Waals surface area contributed by atoms with Crippen molar-refractivity contribution in [2.24, 2.45) is 5.73 Å². The molecule has 0 aliphatic heterocycles. The molecule has 2 aromatic rings. The average molecular weight is 353 g/mol. The molecule has 0 saturated heterocycles. The molecular formula is C14H10BrFN2OS. The number of hydrogen-bond donors (Lipinski definition) is 2. The molecule has 6 heteroatoms. The Bertz CT molecular complexity index is 691. The van der Waals surface area contributed by atoms with Crippen LogP contribution in [0, 0.1) is 5.82 Å². The smallest absolute Gasteiger partial charge is 0.255 e. The van der Waals surface area contributed by atoms with E-state index < -0.39 is 11.7 Å². The van der Waals surface area contributed by atoms with Gasteiger partial charge in [0.25, 0.3) is 5.91 Å². The van der Waals surface area contributed by atoms with Crippen LogP contribution < -0.4 is 11.1 Å². The molecule has 0 bridgehead atoms. The van der Waals surface area contributed by atoms with E-state index in [2.05, 4.69) is 21.2 Å². The highest BCUT2D eigenvalue weighted by molar-refractivity contribution is 9.10. The van der Waals surface area contributed by atoms with Crippen LogP contribution in [0.3, 0.4) is 0 Å². The summed E-state index contributed by atoms with van der Waals surface area (Å²) in [5.41, 5.74) is 6.34. The molecule has 0 saturated carbocycles. The summed E-state index contributed by atoms with van der Waals surface area (Å²) in [6.45, 7) is 0. The van der Waals surface area contributed by atoms with Crippen molar-refractivity contribution < 1.29 is 9.18 Å². The van der Waals surface area contributed by atoms with Crippen molar-refractivity contribution in [1.82, 2.24) is 0 Å². The average Bonchev–Trinajstić information content (AvgIpc) is 2.40. The second-order valence-electron chi connectivity index (χ2n) is 4.02. The fourth-order valence-corrected chi connectivity index (χ4v) is 2.12. The number of rotatable bonds is 3. The summed E-state index contributed by atoms with van der Waals surface area (Å²) >= 11 is 8.04. The van der Waals surface area contributed by atoms with Gasteiger partial charge in [0, 0.05) is 15.6 Å². The number of hydrogen-bond acceptors (Lipinski definition) is 2. The Balaban J connectivity index is 2.22. The molecule has 3 N–H and O–H groups in total. The van der Waals surface area contributed by atoms with E-state index in [1.807, 2.05) is 0 Å². The van der Waals surface area contributed by atoms with Crippen molar-refractivity contribution in [3.8, 4) is 0 Å². The number of benzene rings is 2. The van der Waals surface area contributed by atoms with Crippen LogP contribution in [0.2, 0.25) is 0 Å². The molecule has 0 fully saturated rings. The van der Waals surface area contributed by atoms with E-state index in [1.54, 1.807) is 30.3 Å². The maximum absolute atomic E-state index is 13.8. The molecule has 102 valence electrons. The SMILES string of the molecule is NC(=S)c1ccc(NC(=O)c2cccc(Br)c2)c(F)c1. The summed E-state index contributed by atoms with van der Waals surface area (Å²) in [6.07, 6.45) is 0. The Morgan fingerprint density at radius 3 is 2.55 bits per heavy atom. The maximum Gasteiger partial charge on any atom is 0.255 e. The van der Waals surface area contributed by atoms with Gasteiger partial charge in [0.05, 0.1) is 5.69 Å². The predicted molar refractivity (Wildman–Crippen MR) is 84.4 cm³/mol. The van der Waals surface area contributed by atoms with E-state index >= 15 is 0 Å². The van der Waals surface area contributed by atoms with Gasteiger partial charge >= 0.3 is 0 Å². The third kappa shape index (κ3) is 3.40. The van der Waals surface area contributed by atoms with Crippen LogP contribution in [-0.4, -0.2) is 10.9 Å². The van der Waals surface area contributed by atoms with E-state index in [0.29, 0.717) is 11.1 Å². The quantitative estimate of drug-likeness (QED) is 0.831. The third-order valence-corrected chi connectivity index (χ3v) is 3.32. The normalized spacial score (nSPS) is 10.1. The van der Waals surface area contributed by atoms with Gasteiger partial charge in [0.2, 0.25) is 0 Å². The second-order valence-corrected chi connectivity index (χ2v) is 5.38. The second kappa shape index (κ2) is 6.11. The van der Waals surface area contributed by atoms with E-state index in [9.17, 15) is 9.18 Å². The zero-order valence-corrected chi connectivity index (χ0v) is 12.6. The lowest BCUT2D eigenvalue weighted by Gasteiger charge is -2.08. The van der Waals surface area contributed by atoms with Gasteiger partial charge in [-0.1, -0.05) is 34.2 Å². The molecule has 2 aromatic carbocycles. The molecule has 1 amide bonds. The van der Waals surface area contributed by atoms with Gasteiger partial charge < -0.3 is 11.1 Å². The van der Waals surface area contributed by atoms with Crippen LogP contribution in [0.4, 0.5) is 10.1 Å². The molecule has 0 radical (unpaired) electrons. The Morgan fingerprint density at radius 1 is 1.20 bits per heavy atom. The summed E-state index contributed by atoms with van der Waals surface area (Å²) < 4.78 is 14.6. The maximum atomic E-state index is 13.8. The molecule has 0 atom stereocenters. The van der Waals surface area contributed by atoms with Crippen LogP contribution in [-0.2, 0) is 0 Å². The number of carbonyl (C=O) groups excluding carboxylic acids is 1. The molecule has 0 aliphatic carbocycles. The molecule has 0 heterocycles. The van der Waals surface area contributed by atoms with Gasteiger partial charge in [-0.3, -0.25) is 4.79 Å². The first kappa shape index (κ1) is 14.6. The number of nitrogens with one attached hydrogen (secondary N) is 1. The topological polar surface area (TPSA) is 55.1 Å². The lowest BCUT2D eigenvalue weighted by Crippen LogP contribution is -2.14. The number of nitrogens with two attached hydrogens (primary N) is 1. The molecule has 0 unspecified atom stereocenters. The summed E-state index contributed by atoms with van der Waals surface area (Å²) in [5.74, 6) is -0.980. The Hall–Kier alpha value is -1.79. The van der Waals surface area contributed by atoms with Crippen LogP contribution in [0.1, 0.15) is 15.9 Å². The molecule has 0 aliphatic rings. The minimum absolute atomic E-state index is 0.0787. The number of halogens is 2. The van der Waals surface area contributed by atoms with Gasteiger partial charge in [0.15, 0.2) is 0 Å². The van der Waals surface area contributed by atoms with Crippen LogP contribution in [0.15, 0.2) is 46.9 Å². The Labute approximate surface area is 129 Å². The first-order valence-electron chi connectivity index (χ1n) is 5.63. The van der Waals surface area contributed by atoms with Gasteiger partial charge in [0.1, 0.15) is 10.8 Å². The van der Waals surface area contributed by atoms with E-state index in [4.69, 9.17) is 18.0 Å². The van der Waals surface area contributed by atoms with Gasteiger partial charge in [-0.05, 0) is 36.4 Å². The number of carbonyl (C=O) groups is 1. The molecule has 0 spiro atoms. The van der Waals surface area contributed by atoms with E-state index in [0.717, 1.165) is 4.47 Å². The van der Waals surface area contributed by atoms with Crippen LogP contribution >= 0.6 is 28.1 Å². The van der Waals surface area contributed by atoms with Gasteiger partial charge in [-0.25, -0.2) is 4.39 Å². The highest BCUT2D eigenvalue weighted by Crippen LogP contribution is 2.18. The summed E-state index contributed by atoms with van der Waals surface area (Å²) in [7, 11) is 0. The zero-order valence-electron chi connectivity index (χ0n) is 10.2. The number of thiocarbonyl (C=S) groups is 1. The largest absolute Gasteiger partial charge is 0.389 e.